The maximum Gasteiger partial charge on any atom is 0.254 e. The van der Waals surface area contributed by atoms with Crippen molar-refractivity contribution in [1.29, 1.82) is 0 Å². The number of rotatable bonds is 1. The number of hydrogen-bond acceptors (Lipinski definition) is 5. The summed E-state index contributed by atoms with van der Waals surface area (Å²) in [7, 11) is 0. The van der Waals surface area contributed by atoms with Gasteiger partial charge in [0.15, 0.2) is 0 Å². The fourth-order valence-electron chi connectivity index (χ4n) is 7.00. The lowest BCUT2D eigenvalue weighted by Gasteiger charge is -2.39. The van der Waals surface area contributed by atoms with Crippen molar-refractivity contribution < 1.29 is 4.79 Å². The normalized spacial score (nSPS) is 23.5. The highest BCUT2D eigenvalue weighted by Crippen LogP contribution is 2.52. The van der Waals surface area contributed by atoms with Crippen LogP contribution in [0.5, 0.6) is 0 Å². The molecule has 0 radical (unpaired) electrons. The van der Waals surface area contributed by atoms with Crippen LogP contribution in [0.1, 0.15) is 50.4 Å². The number of likely N-dealkylation sites (tertiary alicyclic amines) is 1. The molecule has 35 heavy (non-hydrogen) atoms. The molecule has 6 heteroatoms. The first-order chi connectivity index (χ1) is 16.8. The van der Waals surface area contributed by atoms with E-state index >= 15 is 0 Å². The summed E-state index contributed by atoms with van der Waals surface area (Å²) in [5, 5.41) is 1.85. The zero-order chi connectivity index (χ0) is 23.9. The second-order valence-corrected chi connectivity index (χ2v) is 11.6. The van der Waals surface area contributed by atoms with E-state index in [-0.39, 0.29) is 16.7 Å². The number of fused-ring (bicyclic) bond motifs is 9. The largest absolute Gasteiger partial charge is 0.335 e. The topological polar surface area (TPSA) is 71.9 Å². The van der Waals surface area contributed by atoms with Gasteiger partial charge in [0.1, 0.15) is 0 Å². The zero-order valence-corrected chi connectivity index (χ0v) is 20.2. The first-order valence-electron chi connectivity index (χ1n) is 12.3. The Morgan fingerprint density at radius 3 is 2.20 bits per heavy atom. The molecule has 6 nitrogen and oxygen atoms in total. The van der Waals surface area contributed by atoms with Crippen molar-refractivity contribution in [2.24, 2.45) is 10.8 Å². The van der Waals surface area contributed by atoms with E-state index in [1.54, 1.807) is 12.4 Å². The van der Waals surface area contributed by atoms with E-state index in [1.807, 2.05) is 42.5 Å². The van der Waals surface area contributed by atoms with Gasteiger partial charge in [-0.05, 0) is 72.6 Å². The lowest BCUT2D eigenvalue weighted by Crippen LogP contribution is -2.37. The molecule has 7 rings (SSSR count). The second-order valence-electron chi connectivity index (χ2n) is 11.6. The molecule has 1 amide bonds. The number of amides is 1. The van der Waals surface area contributed by atoms with E-state index in [0.717, 1.165) is 63.3 Å². The second kappa shape index (κ2) is 6.94. The van der Waals surface area contributed by atoms with Crippen LogP contribution >= 0.6 is 0 Å². The first-order valence-corrected chi connectivity index (χ1v) is 12.3. The summed E-state index contributed by atoms with van der Waals surface area (Å²) in [6.07, 6.45) is 6.89. The van der Waals surface area contributed by atoms with Gasteiger partial charge >= 0.3 is 0 Å². The molecular formula is C29H27N5O. The van der Waals surface area contributed by atoms with Crippen molar-refractivity contribution in [3.05, 3.63) is 60.4 Å². The summed E-state index contributed by atoms with van der Waals surface area (Å²) in [5.74, 6) is 0.106. The van der Waals surface area contributed by atoms with E-state index < -0.39 is 0 Å². The summed E-state index contributed by atoms with van der Waals surface area (Å²) in [4.78, 5) is 35.0. The van der Waals surface area contributed by atoms with E-state index in [4.69, 9.17) is 9.97 Å². The van der Waals surface area contributed by atoms with Gasteiger partial charge in [-0.15, -0.1) is 0 Å². The number of hydrogen-bond donors (Lipinski definition) is 0. The average molecular weight is 462 g/mol. The highest BCUT2D eigenvalue weighted by atomic mass is 16.2. The van der Waals surface area contributed by atoms with Gasteiger partial charge in [0, 0.05) is 41.3 Å². The van der Waals surface area contributed by atoms with Gasteiger partial charge in [-0.1, -0.05) is 20.8 Å². The molecule has 2 fully saturated rings. The highest BCUT2D eigenvalue weighted by Gasteiger charge is 2.51. The summed E-state index contributed by atoms with van der Waals surface area (Å²) >= 11 is 0. The minimum Gasteiger partial charge on any atom is -0.335 e. The lowest BCUT2D eigenvalue weighted by molar-refractivity contribution is 0.0708. The van der Waals surface area contributed by atoms with Crippen LogP contribution < -0.4 is 0 Å². The van der Waals surface area contributed by atoms with E-state index in [0.29, 0.717) is 11.6 Å². The molecule has 2 aliphatic rings. The third kappa shape index (κ3) is 3.12. The van der Waals surface area contributed by atoms with Crippen LogP contribution in [0.25, 0.3) is 43.9 Å². The Bertz CT molecular complexity index is 1690. The molecule has 1 aliphatic carbocycles. The summed E-state index contributed by atoms with van der Waals surface area (Å²) in [6.45, 7) is 7.84. The molecule has 1 saturated carbocycles. The van der Waals surface area contributed by atoms with Crippen LogP contribution in [-0.4, -0.2) is 43.3 Å². The SMILES string of the molecule is CC1(C)C[C@H]2C[C@@](C)(CN2C(=O)c2ccc3nc4c5cccnc5c5ncccc5c4nc3c2)C1. The molecule has 174 valence electrons. The molecule has 3 aromatic heterocycles. The standard InChI is InChI=1S/C29H27N5O/c1-28(2)13-18-14-29(3,15-28)16-34(18)27(35)17-8-9-21-22(12-17)33-26-20-7-5-11-31-24(20)23-19(25(26)32-21)6-4-10-30-23/h4-12,18H,13-16H2,1-3H3/t18-,29+/m0/s1. The smallest absolute Gasteiger partial charge is 0.254 e. The van der Waals surface area contributed by atoms with E-state index in [1.165, 1.54) is 6.42 Å². The quantitative estimate of drug-likeness (QED) is 0.229. The average Bonchev–Trinajstić information content (AvgIpc) is 3.10. The Morgan fingerprint density at radius 2 is 1.51 bits per heavy atom. The van der Waals surface area contributed by atoms with Gasteiger partial charge in [-0.3, -0.25) is 14.8 Å². The van der Waals surface area contributed by atoms with Crippen LogP contribution in [0, 0.1) is 10.8 Å². The Morgan fingerprint density at radius 1 is 0.857 bits per heavy atom. The number of carbonyl (C=O) groups excluding carboxylic acids is 1. The Labute approximate surface area is 203 Å². The molecule has 1 aliphatic heterocycles. The fraction of sp³-hybridized carbons (Fsp3) is 0.345. The molecular weight excluding hydrogens is 434 g/mol. The predicted octanol–water partition coefficient (Wildman–Crippen LogP) is 5.92. The van der Waals surface area contributed by atoms with Gasteiger partial charge in [0.05, 0.1) is 33.1 Å². The van der Waals surface area contributed by atoms with Gasteiger partial charge in [0.25, 0.3) is 5.91 Å². The van der Waals surface area contributed by atoms with Crippen LogP contribution in [0.15, 0.2) is 54.9 Å². The van der Waals surface area contributed by atoms with Crippen molar-refractivity contribution in [1.82, 2.24) is 24.8 Å². The summed E-state index contributed by atoms with van der Waals surface area (Å²) < 4.78 is 0. The monoisotopic (exact) mass is 461 g/mol. The van der Waals surface area contributed by atoms with Crippen LogP contribution in [0.4, 0.5) is 0 Å². The molecule has 4 heterocycles. The van der Waals surface area contributed by atoms with Crippen molar-refractivity contribution in [2.45, 2.75) is 46.1 Å². The number of benzene rings is 2. The number of carbonyl (C=O) groups is 1. The van der Waals surface area contributed by atoms with Crippen molar-refractivity contribution in [3.8, 4) is 0 Å². The maximum atomic E-state index is 13.7. The Kier molecular flexibility index (Phi) is 4.10. The highest BCUT2D eigenvalue weighted by molar-refractivity contribution is 6.21. The van der Waals surface area contributed by atoms with Crippen LogP contribution in [-0.2, 0) is 0 Å². The van der Waals surface area contributed by atoms with Crippen molar-refractivity contribution >= 4 is 49.8 Å². The van der Waals surface area contributed by atoms with Gasteiger partial charge in [-0.25, -0.2) is 9.97 Å². The van der Waals surface area contributed by atoms with Crippen molar-refractivity contribution in [2.75, 3.05) is 6.54 Å². The Balaban J connectivity index is 1.38. The molecule has 0 spiro atoms. The first kappa shape index (κ1) is 20.7. The molecule has 1 saturated heterocycles. The minimum atomic E-state index is 0.106. The third-order valence-electron chi connectivity index (χ3n) is 7.94. The number of aromatic nitrogens is 4. The molecule has 2 atom stereocenters. The minimum absolute atomic E-state index is 0.106. The molecule has 2 aromatic carbocycles. The van der Waals surface area contributed by atoms with Gasteiger partial charge < -0.3 is 4.90 Å². The molecule has 0 N–H and O–H groups in total. The fourth-order valence-corrected chi connectivity index (χ4v) is 7.00. The third-order valence-corrected chi connectivity index (χ3v) is 7.94. The summed E-state index contributed by atoms with van der Waals surface area (Å²) in [6, 6.07) is 13.9. The van der Waals surface area contributed by atoms with Crippen LogP contribution in [0.2, 0.25) is 0 Å². The summed E-state index contributed by atoms with van der Waals surface area (Å²) in [5.41, 5.74) is 5.90. The molecule has 0 unspecified atom stereocenters. The van der Waals surface area contributed by atoms with E-state index in [2.05, 4.69) is 35.6 Å². The molecule has 5 aromatic rings. The van der Waals surface area contributed by atoms with Gasteiger partial charge in [0.2, 0.25) is 0 Å². The zero-order valence-electron chi connectivity index (χ0n) is 20.2. The lowest BCUT2D eigenvalue weighted by atomic mass is 9.65. The molecule has 2 bridgehead atoms. The maximum absolute atomic E-state index is 13.7. The van der Waals surface area contributed by atoms with Crippen LogP contribution in [0.3, 0.4) is 0 Å². The number of nitrogens with zero attached hydrogens (tertiary/aromatic N) is 5. The van der Waals surface area contributed by atoms with E-state index in [9.17, 15) is 4.79 Å². The number of pyridine rings is 2. The predicted molar refractivity (Wildman–Crippen MR) is 138 cm³/mol. The Hall–Kier alpha value is -3.67. The van der Waals surface area contributed by atoms with Gasteiger partial charge in [-0.2, -0.15) is 0 Å². The van der Waals surface area contributed by atoms with Crippen molar-refractivity contribution in [3.63, 3.8) is 0 Å².